The third-order valence-electron chi connectivity index (χ3n) is 3.24. The summed E-state index contributed by atoms with van der Waals surface area (Å²) < 4.78 is 0. The summed E-state index contributed by atoms with van der Waals surface area (Å²) in [6.07, 6.45) is 2.93. The number of aromatic hydroxyl groups is 1. The van der Waals surface area contributed by atoms with Crippen LogP contribution in [0.5, 0.6) is 5.75 Å². The standard InChI is InChI=1S/C14H18O4/c1-3-9(2)4-5-10-6-7-11(8-15)13(16)12(10)14(17)18/h6-9,16H,3-5H2,1-2H3,(H,17,18). The average molecular weight is 250 g/mol. The first-order valence-corrected chi connectivity index (χ1v) is 6.04. The number of hydrogen-bond acceptors (Lipinski definition) is 3. The topological polar surface area (TPSA) is 74.6 Å². The fourth-order valence-corrected chi connectivity index (χ4v) is 1.80. The van der Waals surface area contributed by atoms with E-state index in [-0.39, 0.29) is 11.1 Å². The zero-order valence-corrected chi connectivity index (χ0v) is 10.6. The van der Waals surface area contributed by atoms with Crippen molar-refractivity contribution in [3.05, 3.63) is 28.8 Å². The number of benzene rings is 1. The zero-order valence-electron chi connectivity index (χ0n) is 10.6. The predicted octanol–water partition coefficient (Wildman–Crippen LogP) is 2.88. The van der Waals surface area contributed by atoms with E-state index in [0.717, 1.165) is 12.8 Å². The van der Waals surface area contributed by atoms with Gasteiger partial charge in [0.1, 0.15) is 11.3 Å². The molecule has 4 heteroatoms. The van der Waals surface area contributed by atoms with Crippen molar-refractivity contribution >= 4 is 12.3 Å². The second-order valence-electron chi connectivity index (χ2n) is 4.51. The van der Waals surface area contributed by atoms with E-state index in [1.54, 1.807) is 6.07 Å². The van der Waals surface area contributed by atoms with Crippen molar-refractivity contribution in [1.29, 1.82) is 0 Å². The van der Waals surface area contributed by atoms with Crippen LogP contribution in [-0.4, -0.2) is 22.5 Å². The first-order valence-electron chi connectivity index (χ1n) is 6.04. The van der Waals surface area contributed by atoms with Crippen molar-refractivity contribution in [3.8, 4) is 5.75 Å². The number of aldehydes is 1. The molecule has 1 aromatic rings. The predicted molar refractivity (Wildman–Crippen MR) is 68.2 cm³/mol. The van der Waals surface area contributed by atoms with Crippen LogP contribution in [0.2, 0.25) is 0 Å². The maximum absolute atomic E-state index is 11.1. The Kier molecular flexibility index (Phi) is 4.89. The number of aryl methyl sites for hydroxylation is 1. The Morgan fingerprint density at radius 2 is 2.11 bits per heavy atom. The van der Waals surface area contributed by atoms with Gasteiger partial charge in [-0.1, -0.05) is 26.3 Å². The first kappa shape index (κ1) is 14.2. The van der Waals surface area contributed by atoms with Gasteiger partial charge in [0.25, 0.3) is 0 Å². The maximum Gasteiger partial charge on any atom is 0.339 e. The van der Waals surface area contributed by atoms with Gasteiger partial charge in [-0.15, -0.1) is 0 Å². The molecule has 1 atom stereocenters. The molecular weight excluding hydrogens is 232 g/mol. The molecule has 1 unspecified atom stereocenters. The zero-order chi connectivity index (χ0) is 13.7. The van der Waals surface area contributed by atoms with Crippen molar-refractivity contribution in [2.24, 2.45) is 5.92 Å². The summed E-state index contributed by atoms with van der Waals surface area (Å²) in [5.74, 6) is -1.13. The molecule has 4 nitrogen and oxygen atoms in total. The Morgan fingerprint density at radius 1 is 1.44 bits per heavy atom. The Morgan fingerprint density at radius 3 is 2.61 bits per heavy atom. The van der Waals surface area contributed by atoms with E-state index < -0.39 is 11.7 Å². The van der Waals surface area contributed by atoms with Crippen molar-refractivity contribution in [3.63, 3.8) is 0 Å². The average Bonchev–Trinajstić information content (AvgIpc) is 2.35. The van der Waals surface area contributed by atoms with Gasteiger partial charge in [0.05, 0.1) is 5.56 Å². The van der Waals surface area contributed by atoms with E-state index in [9.17, 15) is 14.7 Å². The van der Waals surface area contributed by atoms with Crippen molar-refractivity contribution in [1.82, 2.24) is 0 Å². The highest BCUT2D eigenvalue weighted by Gasteiger charge is 2.18. The fraction of sp³-hybridized carbons (Fsp3) is 0.429. The van der Waals surface area contributed by atoms with Gasteiger partial charge in [0.15, 0.2) is 6.29 Å². The summed E-state index contributed by atoms with van der Waals surface area (Å²) in [4.78, 5) is 21.8. The van der Waals surface area contributed by atoms with Gasteiger partial charge in [-0.3, -0.25) is 4.79 Å². The van der Waals surface area contributed by atoms with Crippen LogP contribution < -0.4 is 0 Å². The lowest BCUT2D eigenvalue weighted by Gasteiger charge is -2.12. The number of aromatic carboxylic acids is 1. The third kappa shape index (κ3) is 3.09. The summed E-state index contributed by atoms with van der Waals surface area (Å²) >= 11 is 0. The van der Waals surface area contributed by atoms with Crippen LogP contribution in [0.25, 0.3) is 0 Å². The number of phenols is 1. The minimum atomic E-state index is -1.20. The lowest BCUT2D eigenvalue weighted by molar-refractivity contribution is 0.0692. The van der Waals surface area contributed by atoms with Crippen LogP contribution in [0.1, 0.15) is 53.0 Å². The molecule has 0 saturated carbocycles. The summed E-state index contributed by atoms with van der Waals surface area (Å²) in [7, 11) is 0. The summed E-state index contributed by atoms with van der Waals surface area (Å²) in [5, 5.41) is 18.9. The molecule has 0 radical (unpaired) electrons. The van der Waals surface area contributed by atoms with E-state index in [2.05, 4.69) is 13.8 Å². The number of carboxylic acids is 1. The minimum Gasteiger partial charge on any atom is -0.506 e. The summed E-state index contributed by atoms with van der Waals surface area (Å²) in [5.41, 5.74) is 0.438. The van der Waals surface area contributed by atoms with E-state index in [0.29, 0.717) is 24.2 Å². The molecule has 0 heterocycles. The fourth-order valence-electron chi connectivity index (χ4n) is 1.80. The lowest BCUT2D eigenvalue weighted by atomic mass is 9.94. The molecule has 0 aromatic heterocycles. The molecular formula is C14H18O4. The van der Waals surface area contributed by atoms with Crippen LogP contribution in [0.4, 0.5) is 0 Å². The van der Waals surface area contributed by atoms with E-state index in [1.165, 1.54) is 6.07 Å². The molecule has 1 rings (SSSR count). The van der Waals surface area contributed by atoms with Crippen LogP contribution in [0.15, 0.2) is 12.1 Å². The monoisotopic (exact) mass is 250 g/mol. The first-order chi connectivity index (χ1) is 8.51. The van der Waals surface area contributed by atoms with Crippen LogP contribution >= 0.6 is 0 Å². The van der Waals surface area contributed by atoms with Crippen LogP contribution in [0, 0.1) is 5.92 Å². The van der Waals surface area contributed by atoms with E-state index >= 15 is 0 Å². The van der Waals surface area contributed by atoms with Crippen molar-refractivity contribution < 1.29 is 19.8 Å². The SMILES string of the molecule is CCC(C)CCc1ccc(C=O)c(O)c1C(=O)O. The molecule has 98 valence electrons. The van der Waals surface area contributed by atoms with Gasteiger partial charge in [0, 0.05) is 0 Å². The molecule has 0 amide bonds. The summed E-state index contributed by atoms with van der Waals surface area (Å²) in [6.45, 7) is 4.18. The van der Waals surface area contributed by atoms with Gasteiger partial charge in [-0.05, 0) is 30.4 Å². The number of carbonyl (C=O) groups excluding carboxylic acids is 1. The van der Waals surface area contributed by atoms with Crippen molar-refractivity contribution in [2.45, 2.75) is 33.1 Å². The second-order valence-corrected chi connectivity index (χ2v) is 4.51. The molecule has 1 aromatic carbocycles. The molecule has 0 fully saturated rings. The molecule has 0 aliphatic rings. The number of carboxylic acid groups (broad SMARTS) is 1. The van der Waals surface area contributed by atoms with E-state index in [1.807, 2.05) is 0 Å². The maximum atomic E-state index is 11.1. The number of rotatable bonds is 6. The Hall–Kier alpha value is -1.84. The molecule has 0 spiro atoms. The highest BCUT2D eigenvalue weighted by atomic mass is 16.4. The van der Waals surface area contributed by atoms with Gasteiger partial charge in [-0.2, -0.15) is 0 Å². The highest BCUT2D eigenvalue weighted by Crippen LogP contribution is 2.27. The smallest absolute Gasteiger partial charge is 0.339 e. The number of carbonyl (C=O) groups is 2. The highest BCUT2D eigenvalue weighted by molar-refractivity contribution is 5.96. The Labute approximate surface area is 106 Å². The molecule has 0 bridgehead atoms. The quantitative estimate of drug-likeness (QED) is 0.761. The lowest BCUT2D eigenvalue weighted by Crippen LogP contribution is -2.06. The van der Waals surface area contributed by atoms with Crippen LogP contribution in [0.3, 0.4) is 0 Å². The van der Waals surface area contributed by atoms with Gasteiger partial charge >= 0.3 is 5.97 Å². The van der Waals surface area contributed by atoms with Gasteiger partial charge in [0.2, 0.25) is 0 Å². The molecule has 0 aliphatic carbocycles. The normalized spacial score (nSPS) is 12.1. The Balaban J connectivity index is 3.08. The molecule has 0 saturated heterocycles. The third-order valence-corrected chi connectivity index (χ3v) is 3.24. The molecule has 18 heavy (non-hydrogen) atoms. The minimum absolute atomic E-state index is 0.0136. The van der Waals surface area contributed by atoms with Crippen LogP contribution in [-0.2, 0) is 6.42 Å². The number of hydrogen-bond donors (Lipinski definition) is 2. The summed E-state index contributed by atoms with van der Waals surface area (Å²) in [6, 6.07) is 3.07. The van der Waals surface area contributed by atoms with E-state index in [4.69, 9.17) is 5.11 Å². The molecule has 2 N–H and O–H groups in total. The van der Waals surface area contributed by atoms with Gasteiger partial charge in [-0.25, -0.2) is 4.79 Å². The van der Waals surface area contributed by atoms with Crippen molar-refractivity contribution in [2.75, 3.05) is 0 Å². The second kappa shape index (κ2) is 6.19. The largest absolute Gasteiger partial charge is 0.506 e. The molecule has 0 aliphatic heterocycles. The van der Waals surface area contributed by atoms with Gasteiger partial charge < -0.3 is 10.2 Å². The Bertz CT molecular complexity index is 451.